The molecule has 0 aromatic heterocycles. The van der Waals surface area contributed by atoms with E-state index in [4.69, 9.17) is 25.8 Å². The van der Waals surface area contributed by atoms with Crippen molar-refractivity contribution in [1.82, 2.24) is 4.31 Å². The molecular weight excluding hydrogens is 472 g/mol. The first-order valence-corrected chi connectivity index (χ1v) is 12.0. The molecule has 178 valence electrons. The maximum atomic E-state index is 12.9. The minimum Gasteiger partial charge on any atom is -0.495 e. The number of methoxy groups -OCH3 is 1. The molecule has 0 bridgehead atoms. The number of halogens is 1. The molecule has 11 heteroatoms. The van der Waals surface area contributed by atoms with Crippen molar-refractivity contribution in [2.45, 2.75) is 24.8 Å². The lowest BCUT2D eigenvalue weighted by molar-refractivity contribution is -0.123. The van der Waals surface area contributed by atoms with Gasteiger partial charge in [0.25, 0.3) is 5.91 Å². The summed E-state index contributed by atoms with van der Waals surface area (Å²) in [5, 5.41) is 3.01. The number of nitrogens with zero attached hydrogens (tertiary/aromatic N) is 1. The second kappa shape index (κ2) is 10.5. The number of anilines is 1. The van der Waals surface area contributed by atoms with Crippen LogP contribution < -0.4 is 10.1 Å². The largest absolute Gasteiger partial charge is 0.495 e. The Kier molecular flexibility index (Phi) is 7.96. The fourth-order valence-corrected chi connectivity index (χ4v) is 4.81. The minimum absolute atomic E-state index is 0.0253. The molecule has 2 aromatic rings. The molecule has 1 unspecified atom stereocenters. The Balaban J connectivity index is 1.75. The number of benzene rings is 2. The number of morpholine rings is 1. The number of sulfonamides is 1. The summed E-state index contributed by atoms with van der Waals surface area (Å²) < 4.78 is 42.9. The van der Waals surface area contributed by atoms with Crippen molar-refractivity contribution in [3.05, 3.63) is 52.5 Å². The van der Waals surface area contributed by atoms with E-state index in [2.05, 4.69) is 5.32 Å². The zero-order chi connectivity index (χ0) is 24.2. The number of carbonyl (C=O) groups is 2. The number of nitrogens with one attached hydrogen (secondary N) is 1. The van der Waals surface area contributed by atoms with Gasteiger partial charge in [0.05, 0.1) is 36.5 Å². The fraction of sp³-hybridized carbons (Fsp3) is 0.364. The molecule has 1 aliphatic rings. The van der Waals surface area contributed by atoms with Crippen LogP contribution in [0.2, 0.25) is 5.02 Å². The molecule has 1 fully saturated rings. The van der Waals surface area contributed by atoms with Gasteiger partial charge in [0.1, 0.15) is 5.75 Å². The Bertz CT molecular complexity index is 1150. The molecule has 0 radical (unpaired) electrons. The van der Waals surface area contributed by atoms with Gasteiger partial charge in [-0.25, -0.2) is 13.2 Å². The molecular formula is C22H25ClN2O7S. The van der Waals surface area contributed by atoms with Gasteiger partial charge in [-0.3, -0.25) is 4.79 Å². The Labute approximate surface area is 197 Å². The topological polar surface area (TPSA) is 111 Å². The van der Waals surface area contributed by atoms with E-state index in [0.717, 1.165) is 0 Å². The fourth-order valence-electron chi connectivity index (χ4n) is 3.21. The molecule has 1 atom stereocenters. The average molecular weight is 497 g/mol. The third kappa shape index (κ3) is 5.83. The quantitative estimate of drug-likeness (QED) is 0.586. The van der Waals surface area contributed by atoms with Crippen molar-refractivity contribution in [2.24, 2.45) is 0 Å². The number of amides is 1. The molecule has 33 heavy (non-hydrogen) atoms. The Morgan fingerprint density at radius 3 is 2.52 bits per heavy atom. The molecule has 0 spiro atoms. The van der Waals surface area contributed by atoms with Gasteiger partial charge >= 0.3 is 5.97 Å². The van der Waals surface area contributed by atoms with Crippen LogP contribution in [0.5, 0.6) is 5.75 Å². The summed E-state index contributed by atoms with van der Waals surface area (Å²) >= 11 is 5.97. The van der Waals surface area contributed by atoms with E-state index in [1.807, 2.05) is 0 Å². The number of aryl methyl sites for hydroxylation is 1. The van der Waals surface area contributed by atoms with Gasteiger partial charge < -0.3 is 19.5 Å². The number of rotatable bonds is 7. The van der Waals surface area contributed by atoms with Crippen molar-refractivity contribution in [3.63, 3.8) is 0 Å². The SMILES string of the molecule is COc1ccc(Cl)cc1NC(=O)C(C)OC(=O)c1cc(S(=O)(=O)N2CCOCC2)ccc1C. The van der Waals surface area contributed by atoms with Crippen LogP contribution in [0.4, 0.5) is 5.69 Å². The summed E-state index contributed by atoms with van der Waals surface area (Å²) in [4.78, 5) is 25.3. The van der Waals surface area contributed by atoms with Crippen LogP contribution in [0, 0.1) is 6.92 Å². The lowest BCUT2D eigenvalue weighted by Crippen LogP contribution is -2.40. The Morgan fingerprint density at radius 2 is 1.85 bits per heavy atom. The van der Waals surface area contributed by atoms with Gasteiger partial charge in [-0.15, -0.1) is 0 Å². The van der Waals surface area contributed by atoms with Crippen LogP contribution in [0.25, 0.3) is 0 Å². The van der Waals surface area contributed by atoms with Crippen molar-refractivity contribution in [3.8, 4) is 5.75 Å². The van der Waals surface area contributed by atoms with Crippen LogP contribution in [-0.2, 0) is 24.3 Å². The first-order valence-electron chi connectivity index (χ1n) is 10.2. The first kappa shape index (κ1) is 25.0. The number of carbonyl (C=O) groups excluding carboxylic acids is 2. The molecule has 1 aliphatic heterocycles. The number of ether oxygens (including phenoxy) is 3. The summed E-state index contributed by atoms with van der Waals surface area (Å²) in [6, 6.07) is 8.96. The second-order valence-electron chi connectivity index (χ2n) is 7.37. The molecule has 3 rings (SSSR count). The van der Waals surface area contributed by atoms with Crippen molar-refractivity contribution in [2.75, 3.05) is 38.7 Å². The molecule has 1 saturated heterocycles. The van der Waals surface area contributed by atoms with E-state index in [0.29, 0.717) is 35.2 Å². The van der Waals surface area contributed by atoms with Crippen molar-refractivity contribution >= 4 is 39.2 Å². The maximum absolute atomic E-state index is 12.9. The number of esters is 1. The predicted octanol–water partition coefficient (Wildman–Crippen LogP) is 2.86. The van der Waals surface area contributed by atoms with E-state index in [1.54, 1.807) is 19.1 Å². The summed E-state index contributed by atoms with van der Waals surface area (Å²) in [5.74, 6) is -1.02. The highest BCUT2D eigenvalue weighted by molar-refractivity contribution is 7.89. The second-order valence-corrected chi connectivity index (χ2v) is 9.75. The van der Waals surface area contributed by atoms with Gasteiger partial charge in [-0.2, -0.15) is 4.31 Å². The molecule has 1 amide bonds. The highest BCUT2D eigenvalue weighted by Crippen LogP contribution is 2.28. The van der Waals surface area contributed by atoms with Gasteiger partial charge in [-0.05, 0) is 49.7 Å². The van der Waals surface area contributed by atoms with Gasteiger partial charge in [0.2, 0.25) is 10.0 Å². The number of hydrogen-bond donors (Lipinski definition) is 1. The Morgan fingerprint density at radius 1 is 1.15 bits per heavy atom. The van der Waals surface area contributed by atoms with E-state index >= 15 is 0 Å². The summed E-state index contributed by atoms with van der Waals surface area (Å²) in [6.07, 6.45) is -1.17. The normalized spacial score (nSPS) is 15.5. The molecule has 0 aliphatic carbocycles. The minimum atomic E-state index is -3.79. The predicted molar refractivity (Wildman–Crippen MR) is 122 cm³/mol. The van der Waals surface area contributed by atoms with Crippen LogP contribution in [-0.4, -0.2) is 64.1 Å². The third-order valence-corrected chi connectivity index (χ3v) is 7.24. The smallest absolute Gasteiger partial charge is 0.339 e. The summed E-state index contributed by atoms with van der Waals surface area (Å²) in [5.41, 5.74) is 0.905. The average Bonchev–Trinajstić information content (AvgIpc) is 2.79. The van der Waals surface area contributed by atoms with E-state index in [-0.39, 0.29) is 23.5 Å². The third-order valence-electron chi connectivity index (χ3n) is 5.11. The first-order chi connectivity index (χ1) is 15.6. The highest BCUT2D eigenvalue weighted by Gasteiger charge is 2.28. The lowest BCUT2D eigenvalue weighted by Gasteiger charge is -2.26. The van der Waals surface area contributed by atoms with Gasteiger partial charge in [-0.1, -0.05) is 17.7 Å². The zero-order valence-electron chi connectivity index (χ0n) is 18.5. The van der Waals surface area contributed by atoms with E-state index < -0.39 is 28.0 Å². The van der Waals surface area contributed by atoms with Gasteiger partial charge in [0.15, 0.2) is 6.10 Å². The van der Waals surface area contributed by atoms with E-state index in [9.17, 15) is 18.0 Å². The van der Waals surface area contributed by atoms with Gasteiger partial charge in [0, 0.05) is 18.1 Å². The maximum Gasteiger partial charge on any atom is 0.339 e. The molecule has 9 nitrogen and oxygen atoms in total. The van der Waals surface area contributed by atoms with Crippen molar-refractivity contribution in [1.29, 1.82) is 0 Å². The Hall–Kier alpha value is -2.66. The molecule has 1 heterocycles. The van der Waals surface area contributed by atoms with Crippen LogP contribution in [0.3, 0.4) is 0 Å². The molecule has 1 N–H and O–H groups in total. The highest BCUT2D eigenvalue weighted by atomic mass is 35.5. The molecule has 0 saturated carbocycles. The standard InChI is InChI=1S/C22H25ClN2O7S/c1-14-4-6-17(33(28,29)25-8-10-31-11-9-25)13-18(14)22(27)32-15(2)21(26)24-19-12-16(23)5-7-20(19)30-3/h4-7,12-13,15H,8-11H2,1-3H3,(H,24,26). The van der Waals surface area contributed by atoms with E-state index in [1.165, 1.54) is 42.6 Å². The number of hydrogen-bond acceptors (Lipinski definition) is 7. The van der Waals surface area contributed by atoms with Crippen molar-refractivity contribution < 1.29 is 32.2 Å². The molecule has 2 aromatic carbocycles. The lowest BCUT2D eigenvalue weighted by atomic mass is 10.1. The zero-order valence-corrected chi connectivity index (χ0v) is 20.0. The summed E-state index contributed by atoms with van der Waals surface area (Å²) in [7, 11) is -2.34. The van der Waals surface area contributed by atoms with Crippen LogP contribution in [0.1, 0.15) is 22.8 Å². The van der Waals surface area contributed by atoms with Crippen LogP contribution >= 0.6 is 11.6 Å². The monoisotopic (exact) mass is 496 g/mol. The summed E-state index contributed by atoms with van der Waals surface area (Å²) in [6.45, 7) is 4.16. The van der Waals surface area contributed by atoms with Crippen LogP contribution in [0.15, 0.2) is 41.3 Å².